The van der Waals surface area contributed by atoms with E-state index in [2.05, 4.69) is 21.9 Å². The monoisotopic (exact) mass is 662 g/mol. The number of piperazine rings is 1. The molecule has 2 aliphatic heterocycles. The Kier molecular flexibility index (Phi) is 11.8. The van der Waals surface area contributed by atoms with Crippen molar-refractivity contribution in [1.29, 1.82) is 0 Å². The quantitative estimate of drug-likeness (QED) is 0.319. The molecule has 248 valence electrons. The number of benzene rings is 2. The van der Waals surface area contributed by atoms with E-state index < -0.39 is 27.7 Å². The van der Waals surface area contributed by atoms with E-state index in [-0.39, 0.29) is 30.1 Å². The van der Waals surface area contributed by atoms with Crippen LogP contribution >= 0.6 is 12.4 Å². The predicted octanol–water partition coefficient (Wildman–Crippen LogP) is 4.68. The molecule has 0 bridgehead atoms. The summed E-state index contributed by atoms with van der Waals surface area (Å²) in [5.74, 6) is 1.09. The lowest BCUT2D eigenvalue weighted by atomic mass is 9.78. The van der Waals surface area contributed by atoms with Crippen LogP contribution in [0.3, 0.4) is 0 Å². The lowest BCUT2D eigenvalue weighted by Crippen LogP contribution is -2.75. The van der Waals surface area contributed by atoms with Crippen molar-refractivity contribution < 1.29 is 27.9 Å². The third-order valence-corrected chi connectivity index (χ3v) is 9.98. The van der Waals surface area contributed by atoms with Crippen LogP contribution in [-0.2, 0) is 26.2 Å². The van der Waals surface area contributed by atoms with E-state index >= 15 is 0 Å². The van der Waals surface area contributed by atoms with E-state index in [1.807, 2.05) is 29.2 Å². The second kappa shape index (κ2) is 15.2. The molecule has 0 radical (unpaired) electrons. The number of nitrogens with zero attached hydrogens (tertiary/aromatic N) is 2. The fraction of sp³-hybridized carbons (Fsp3) is 0.576. The molecule has 0 aromatic heterocycles. The van der Waals surface area contributed by atoms with Crippen LogP contribution in [-0.4, -0.2) is 78.7 Å². The SMILES string of the molecule is CCCCN1C(=O)C(C(O)C2CCCCC2)NC(=O)C12CCN(Cc1ccc(Oc3ccc(NS(C)(=O)=O)cc3)cc1)CC2.Cl. The van der Waals surface area contributed by atoms with Gasteiger partial charge in [0.05, 0.1) is 12.4 Å². The zero-order chi connectivity index (χ0) is 31.3. The maximum Gasteiger partial charge on any atom is 0.248 e. The number of anilines is 1. The van der Waals surface area contributed by atoms with Crippen LogP contribution < -0.4 is 14.8 Å². The number of carbonyl (C=O) groups is 2. The summed E-state index contributed by atoms with van der Waals surface area (Å²) in [6, 6.07) is 13.7. The number of ether oxygens (including phenoxy) is 1. The van der Waals surface area contributed by atoms with E-state index in [0.29, 0.717) is 49.7 Å². The first-order valence-corrected chi connectivity index (χ1v) is 17.8. The van der Waals surface area contributed by atoms with E-state index in [9.17, 15) is 23.1 Å². The first-order valence-electron chi connectivity index (χ1n) is 16.0. The van der Waals surface area contributed by atoms with Gasteiger partial charge >= 0.3 is 0 Å². The number of rotatable bonds is 11. The number of hydrogen-bond donors (Lipinski definition) is 3. The van der Waals surface area contributed by atoms with Crippen LogP contribution in [0.25, 0.3) is 0 Å². The van der Waals surface area contributed by atoms with Crippen molar-refractivity contribution in [2.75, 3.05) is 30.6 Å². The molecular weight excluding hydrogens is 616 g/mol. The number of carbonyl (C=O) groups excluding carboxylic acids is 2. The highest BCUT2D eigenvalue weighted by atomic mass is 35.5. The zero-order valence-corrected chi connectivity index (χ0v) is 27.9. The summed E-state index contributed by atoms with van der Waals surface area (Å²) in [5, 5.41) is 14.2. The molecule has 2 saturated heterocycles. The Morgan fingerprint density at radius 3 is 2.18 bits per heavy atom. The van der Waals surface area contributed by atoms with Gasteiger partial charge in [0.15, 0.2) is 0 Å². The van der Waals surface area contributed by atoms with Gasteiger partial charge in [0.2, 0.25) is 21.8 Å². The molecule has 1 saturated carbocycles. The number of likely N-dealkylation sites (tertiary alicyclic amines) is 1. The van der Waals surface area contributed by atoms with Gasteiger partial charge in [0, 0.05) is 31.9 Å². The number of amides is 2. The topological polar surface area (TPSA) is 128 Å². The third-order valence-electron chi connectivity index (χ3n) is 9.37. The number of hydrogen-bond acceptors (Lipinski definition) is 7. The highest BCUT2D eigenvalue weighted by Gasteiger charge is 2.55. The molecule has 3 fully saturated rings. The third kappa shape index (κ3) is 8.49. The maximum absolute atomic E-state index is 13.8. The smallest absolute Gasteiger partial charge is 0.248 e. The van der Waals surface area contributed by atoms with Gasteiger partial charge in [-0.15, -0.1) is 12.4 Å². The molecule has 5 rings (SSSR count). The average molecular weight is 663 g/mol. The Hall–Kier alpha value is -2.86. The molecule has 2 heterocycles. The number of piperidine rings is 1. The molecule has 2 aromatic rings. The van der Waals surface area contributed by atoms with Gasteiger partial charge in [0.25, 0.3) is 0 Å². The first kappa shape index (κ1) is 35.0. The van der Waals surface area contributed by atoms with Crippen molar-refractivity contribution in [3.8, 4) is 11.5 Å². The molecule has 1 spiro atoms. The van der Waals surface area contributed by atoms with Gasteiger partial charge < -0.3 is 20.1 Å². The summed E-state index contributed by atoms with van der Waals surface area (Å²) in [5.41, 5.74) is 0.720. The summed E-state index contributed by atoms with van der Waals surface area (Å²) >= 11 is 0. The van der Waals surface area contributed by atoms with Crippen molar-refractivity contribution in [3.05, 3.63) is 54.1 Å². The van der Waals surface area contributed by atoms with E-state index in [1.165, 1.54) is 0 Å². The minimum absolute atomic E-state index is 0. The first-order chi connectivity index (χ1) is 21.1. The average Bonchev–Trinajstić information content (AvgIpc) is 3.01. The van der Waals surface area contributed by atoms with Crippen LogP contribution in [0.4, 0.5) is 5.69 Å². The highest BCUT2D eigenvalue weighted by molar-refractivity contribution is 7.92. The lowest BCUT2D eigenvalue weighted by molar-refractivity contribution is -0.166. The van der Waals surface area contributed by atoms with Crippen LogP contribution in [0.2, 0.25) is 0 Å². The van der Waals surface area contributed by atoms with Crippen LogP contribution in [0.1, 0.15) is 70.3 Å². The summed E-state index contributed by atoms with van der Waals surface area (Å²) in [4.78, 5) is 31.7. The van der Waals surface area contributed by atoms with Crippen molar-refractivity contribution in [1.82, 2.24) is 15.1 Å². The van der Waals surface area contributed by atoms with Crippen LogP contribution in [0, 0.1) is 5.92 Å². The summed E-state index contributed by atoms with van der Waals surface area (Å²) in [6.45, 7) is 4.71. The van der Waals surface area contributed by atoms with Crippen molar-refractivity contribution >= 4 is 39.9 Å². The van der Waals surface area contributed by atoms with Crippen molar-refractivity contribution in [2.45, 2.75) is 88.9 Å². The molecular formula is C33H47ClN4O6S. The molecule has 2 aromatic carbocycles. The Balaban J connectivity index is 0.00000461. The molecule has 2 amide bonds. The van der Waals surface area contributed by atoms with E-state index in [0.717, 1.165) is 63.3 Å². The number of nitrogens with one attached hydrogen (secondary N) is 2. The molecule has 3 aliphatic rings. The lowest BCUT2D eigenvalue weighted by Gasteiger charge is -2.52. The zero-order valence-electron chi connectivity index (χ0n) is 26.2. The molecule has 12 heteroatoms. The van der Waals surface area contributed by atoms with Crippen molar-refractivity contribution in [2.24, 2.45) is 5.92 Å². The summed E-state index contributed by atoms with van der Waals surface area (Å²) in [7, 11) is -3.34. The molecule has 1 aliphatic carbocycles. The second-order valence-corrected chi connectivity index (χ2v) is 14.4. The van der Waals surface area contributed by atoms with Gasteiger partial charge in [0.1, 0.15) is 23.1 Å². The Labute approximate surface area is 273 Å². The summed E-state index contributed by atoms with van der Waals surface area (Å²) in [6.07, 6.45) is 8.24. The fourth-order valence-electron chi connectivity index (χ4n) is 6.90. The maximum atomic E-state index is 13.8. The molecule has 45 heavy (non-hydrogen) atoms. The number of halogens is 1. The molecule has 2 unspecified atom stereocenters. The number of aliphatic hydroxyl groups is 1. The standard InChI is InChI=1S/C33H46N4O6S.ClH/c1-3-4-20-37-31(39)29(30(38)25-8-6-5-7-9-25)34-32(40)33(37)18-21-36(22-19-33)23-24-10-14-27(15-11-24)43-28-16-12-26(13-17-28)35-44(2,41)42;/h10-17,25,29-30,35,38H,3-9,18-23H2,1-2H3,(H,34,40);1H. The minimum Gasteiger partial charge on any atom is -0.457 e. The minimum atomic E-state index is -3.34. The van der Waals surface area contributed by atoms with Gasteiger partial charge in [-0.1, -0.05) is 44.7 Å². The number of aliphatic hydroxyl groups excluding tert-OH is 1. The Morgan fingerprint density at radius 1 is 1.00 bits per heavy atom. The number of unbranched alkanes of at least 4 members (excludes halogenated alkanes) is 1. The van der Waals surface area contributed by atoms with Crippen LogP contribution in [0.5, 0.6) is 11.5 Å². The molecule has 2 atom stereocenters. The van der Waals surface area contributed by atoms with Gasteiger partial charge in [-0.3, -0.25) is 19.2 Å². The van der Waals surface area contributed by atoms with E-state index in [4.69, 9.17) is 4.74 Å². The van der Waals surface area contributed by atoms with Gasteiger partial charge in [-0.05, 0) is 80.0 Å². The second-order valence-electron chi connectivity index (χ2n) is 12.6. The van der Waals surface area contributed by atoms with Crippen molar-refractivity contribution in [3.63, 3.8) is 0 Å². The largest absolute Gasteiger partial charge is 0.457 e. The predicted molar refractivity (Wildman–Crippen MR) is 177 cm³/mol. The fourth-order valence-corrected chi connectivity index (χ4v) is 7.46. The number of sulfonamides is 1. The molecule has 10 nitrogen and oxygen atoms in total. The Bertz CT molecular complexity index is 1390. The summed E-state index contributed by atoms with van der Waals surface area (Å²) < 4.78 is 31.2. The Morgan fingerprint density at radius 2 is 1.60 bits per heavy atom. The van der Waals surface area contributed by atoms with E-state index in [1.54, 1.807) is 24.3 Å². The highest BCUT2D eigenvalue weighted by Crippen LogP contribution is 2.36. The van der Waals surface area contributed by atoms with Crippen LogP contribution in [0.15, 0.2) is 48.5 Å². The van der Waals surface area contributed by atoms with Gasteiger partial charge in [-0.2, -0.15) is 0 Å². The molecule has 3 N–H and O–H groups in total. The normalized spacial score (nSPS) is 21.6. The van der Waals surface area contributed by atoms with Gasteiger partial charge in [-0.25, -0.2) is 8.42 Å².